The van der Waals surface area contributed by atoms with Crippen LogP contribution in [0.25, 0.3) is 0 Å². The van der Waals surface area contributed by atoms with E-state index in [1.807, 2.05) is 30.3 Å². The van der Waals surface area contributed by atoms with Crippen molar-refractivity contribution in [3.05, 3.63) is 52.5 Å². The number of ether oxygens (including phenoxy) is 1. The second-order valence-corrected chi connectivity index (χ2v) is 6.04. The Bertz CT molecular complexity index is 776. The maximum absolute atomic E-state index is 12.7. The van der Waals surface area contributed by atoms with Gasteiger partial charge in [0.25, 0.3) is 5.91 Å². The van der Waals surface area contributed by atoms with E-state index in [0.29, 0.717) is 17.3 Å². The van der Waals surface area contributed by atoms with Crippen LogP contribution in [-0.2, 0) is 0 Å². The van der Waals surface area contributed by atoms with Crippen LogP contribution in [0.5, 0.6) is 5.75 Å². The highest BCUT2D eigenvalue weighted by Crippen LogP contribution is 2.40. The van der Waals surface area contributed by atoms with Gasteiger partial charge in [-0.25, -0.2) is 4.90 Å². The molecule has 20 heavy (non-hydrogen) atoms. The van der Waals surface area contributed by atoms with Crippen molar-refractivity contribution in [3.8, 4) is 5.75 Å². The Morgan fingerprint density at radius 3 is 2.95 bits per heavy atom. The molecule has 2 aromatic carbocycles. The second-order valence-electron chi connectivity index (χ2n) is 4.32. The van der Waals surface area contributed by atoms with Gasteiger partial charge in [-0.05, 0) is 30.3 Å². The van der Waals surface area contributed by atoms with Gasteiger partial charge in [0, 0.05) is 16.4 Å². The summed E-state index contributed by atoms with van der Waals surface area (Å²) in [5, 5.41) is 0. The number of hydrogen-bond acceptors (Lipinski definition) is 4. The molecule has 0 saturated heterocycles. The Balaban J connectivity index is 1.90. The molecular weight excluding hydrogens is 340 g/mol. The van der Waals surface area contributed by atoms with Crippen molar-refractivity contribution in [3.63, 3.8) is 0 Å². The number of carbonyl (C=O) groups excluding carboxylic acids is 1. The summed E-state index contributed by atoms with van der Waals surface area (Å²) in [5.74, 6) is 0.407. The lowest BCUT2D eigenvalue weighted by atomic mass is 10.1. The number of rotatable bonds is 0. The molecule has 0 atom stereocenters. The molecule has 2 heterocycles. The fourth-order valence-electron chi connectivity index (χ4n) is 2.19. The lowest BCUT2D eigenvalue weighted by molar-refractivity contribution is 0.0989. The monoisotopic (exact) mass is 346 g/mol. The van der Waals surface area contributed by atoms with E-state index in [1.54, 1.807) is 12.1 Å². The number of amides is 1. The number of benzene rings is 2. The average molecular weight is 347 g/mol. The van der Waals surface area contributed by atoms with Gasteiger partial charge in [-0.15, -0.1) is 0 Å². The van der Waals surface area contributed by atoms with Crippen LogP contribution in [0.4, 0.5) is 5.69 Å². The SMILES string of the molecule is O=C1c2ccc(Br)cc2OC2=NSc3ccccc3N12. The van der Waals surface area contributed by atoms with Crippen molar-refractivity contribution in [2.24, 2.45) is 4.40 Å². The Kier molecular flexibility index (Phi) is 2.61. The first-order chi connectivity index (χ1) is 9.74. The van der Waals surface area contributed by atoms with Crippen molar-refractivity contribution >= 4 is 45.5 Å². The zero-order chi connectivity index (χ0) is 13.7. The van der Waals surface area contributed by atoms with Gasteiger partial charge in [-0.2, -0.15) is 4.40 Å². The molecule has 0 saturated carbocycles. The van der Waals surface area contributed by atoms with Crippen LogP contribution >= 0.6 is 27.9 Å². The lowest BCUT2D eigenvalue weighted by Crippen LogP contribution is -2.45. The van der Waals surface area contributed by atoms with Crippen molar-refractivity contribution in [1.29, 1.82) is 0 Å². The van der Waals surface area contributed by atoms with Gasteiger partial charge in [0.05, 0.1) is 16.1 Å². The van der Waals surface area contributed by atoms with Gasteiger partial charge in [-0.3, -0.25) is 4.79 Å². The van der Waals surface area contributed by atoms with Crippen LogP contribution < -0.4 is 9.64 Å². The highest BCUT2D eigenvalue weighted by Gasteiger charge is 2.36. The van der Waals surface area contributed by atoms with E-state index in [4.69, 9.17) is 4.74 Å². The molecule has 0 unspecified atom stereocenters. The molecule has 98 valence electrons. The smallest absolute Gasteiger partial charge is 0.316 e. The maximum Gasteiger partial charge on any atom is 0.316 e. The summed E-state index contributed by atoms with van der Waals surface area (Å²) >= 11 is 4.69. The summed E-state index contributed by atoms with van der Waals surface area (Å²) in [6.45, 7) is 0. The van der Waals surface area contributed by atoms with Crippen LogP contribution in [0, 0.1) is 0 Å². The van der Waals surface area contributed by atoms with Crippen LogP contribution in [0.3, 0.4) is 0 Å². The van der Waals surface area contributed by atoms with Crippen LogP contribution in [0.1, 0.15) is 10.4 Å². The largest absolute Gasteiger partial charge is 0.424 e. The predicted octanol–water partition coefficient (Wildman–Crippen LogP) is 3.87. The number of anilines is 1. The van der Waals surface area contributed by atoms with Gasteiger partial charge >= 0.3 is 6.02 Å². The highest BCUT2D eigenvalue weighted by molar-refractivity contribution is 9.10. The van der Waals surface area contributed by atoms with Crippen molar-refractivity contribution in [2.75, 3.05) is 4.90 Å². The molecule has 0 fully saturated rings. The fraction of sp³-hybridized carbons (Fsp3) is 0. The van der Waals surface area contributed by atoms with Crippen LogP contribution in [0.15, 0.2) is 56.2 Å². The van der Waals surface area contributed by atoms with Gasteiger partial charge in [0.15, 0.2) is 0 Å². The number of para-hydroxylation sites is 1. The number of carbonyl (C=O) groups is 1. The quantitative estimate of drug-likeness (QED) is 0.680. The molecule has 0 N–H and O–H groups in total. The summed E-state index contributed by atoms with van der Waals surface area (Å²) in [5.41, 5.74) is 1.34. The molecule has 2 aromatic rings. The molecule has 4 rings (SSSR count). The number of fused-ring (bicyclic) bond motifs is 4. The lowest BCUT2D eigenvalue weighted by Gasteiger charge is -2.32. The number of nitrogens with zero attached hydrogens (tertiary/aromatic N) is 2. The average Bonchev–Trinajstić information content (AvgIpc) is 2.46. The minimum absolute atomic E-state index is 0.120. The Hall–Kier alpha value is -1.79. The molecule has 0 spiro atoms. The first-order valence-corrected chi connectivity index (χ1v) is 7.46. The van der Waals surface area contributed by atoms with Crippen molar-refractivity contribution in [2.45, 2.75) is 4.90 Å². The normalized spacial score (nSPS) is 15.8. The Labute approximate surface area is 127 Å². The summed E-state index contributed by atoms with van der Waals surface area (Å²) in [7, 11) is 0. The molecule has 2 aliphatic rings. The van der Waals surface area contributed by atoms with Gasteiger partial charge in [0.1, 0.15) is 5.75 Å². The highest BCUT2D eigenvalue weighted by atomic mass is 79.9. The van der Waals surface area contributed by atoms with E-state index in [9.17, 15) is 4.79 Å². The third-order valence-electron chi connectivity index (χ3n) is 3.10. The zero-order valence-corrected chi connectivity index (χ0v) is 12.4. The van der Waals surface area contributed by atoms with E-state index >= 15 is 0 Å². The second kappa shape index (κ2) is 4.36. The summed E-state index contributed by atoms with van der Waals surface area (Å²) < 4.78 is 10.9. The van der Waals surface area contributed by atoms with E-state index in [-0.39, 0.29) is 5.91 Å². The third kappa shape index (κ3) is 1.68. The fourth-order valence-corrected chi connectivity index (χ4v) is 3.22. The molecule has 1 amide bonds. The summed E-state index contributed by atoms with van der Waals surface area (Å²) in [4.78, 5) is 15.1. The molecular formula is C14H7BrN2O2S. The van der Waals surface area contributed by atoms with Crippen LogP contribution in [-0.4, -0.2) is 11.9 Å². The van der Waals surface area contributed by atoms with Crippen molar-refractivity contribution in [1.82, 2.24) is 0 Å². The first kappa shape index (κ1) is 12.0. The topological polar surface area (TPSA) is 41.9 Å². The number of hydrogen-bond donors (Lipinski definition) is 0. The van der Waals surface area contributed by atoms with E-state index in [1.165, 1.54) is 16.8 Å². The maximum atomic E-state index is 12.7. The Morgan fingerprint density at radius 1 is 1.20 bits per heavy atom. The van der Waals surface area contributed by atoms with Gasteiger partial charge in [-0.1, -0.05) is 28.1 Å². The number of halogens is 1. The minimum Gasteiger partial charge on any atom is -0.424 e. The van der Waals surface area contributed by atoms with E-state index in [0.717, 1.165) is 15.1 Å². The molecule has 0 radical (unpaired) electrons. The third-order valence-corrected chi connectivity index (χ3v) is 4.38. The van der Waals surface area contributed by atoms with Crippen molar-refractivity contribution < 1.29 is 9.53 Å². The minimum atomic E-state index is -0.120. The summed E-state index contributed by atoms with van der Waals surface area (Å²) in [6.07, 6.45) is 0. The number of amidine groups is 1. The molecule has 0 aliphatic carbocycles. The first-order valence-electron chi connectivity index (χ1n) is 5.90. The predicted molar refractivity (Wildman–Crippen MR) is 81.3 cm³/mol. The summed E-state index contributed by atoms with van der Waals surface area (Å²) in [6, 6.07) is 13.3. The molecule has 4 nitrogen and oxygen atoms in total. The molecule has 0 aromatic heterocycles. The molecule has 2 aliphatic heterocycles. The van der Waals surface area contributed by atoms with Gasteiger partial charge in [0.2, 0.25) is 0 Å². The van der Waals surface area contributed by atoms with Crippen LogP contribution in [0.2, 0.25) is 0 Å². The molecule has 0 bridgehead atoms. The molecule has 6 heteroatoms. The van der Waals surface area contributed by atoms with E-state index < -0.39 is 0 Å². The van der Waals surface area contributed by atoms with Gasteiger partial charge < -0.3 is 4.74 Å². The Morgan fingerprint density at radius 2 is 2.05 bits per heavy atom. The zero-order valence-electron chi connectivity index (χ0n) is 10.0. The standard InChI is InChI=1S/C14H7BrN2O2S/c15-8-5-6-9-11(7-8)19-14-16-20-12-4-2-1-3-10(12)17(14)13(9)18/h1-7H. The van der Waals surface area contributed by atoms with E-state index in [2.05, 4.69) is 20.3 Å².